The molecule has 3 aromatic heterocycles. The van der Waals surface area contributed by atoms with Crippen LogP contribution in [-0.2, 0) is 5.41 Å². The molecule has 0 atom stereocenters. The van der Waals surface area contributed by atoms with Gasteiger partial charge in [-0.15, -0.1) is 0 Å². The second kappa shape index (κ2) is 16.4. The molecule has 0 radical (unpaired) electrons. The summed E-state index contributed by atoms with van der Waals surface area (Å²) in [5, 5.41) is 4.13. The molecule has 1 spiro atoms. The lowest BCUT2D eigenvalue weighted by atomic mass is 9.64. The molecule has 354 valence electrons. The van der Waals surface area contributed by atoms with E-state index in [4.69, 9.17) is 23.8 Å². The van der Waals surface area contributed by atoms with Crippen LogP contribution in [0.1, 0.15) is 22.3 Å². The second-order valence-electron chi connectivity index (χ2n) is 19.8. The van der Waals surface area contributed by atoms with Crippen molar-refractivity contribution in [3.63, 3.8) is 0 Å². The summed E-state index contributed by atoms with van der Waals surface area (Å²) in [5.74, 6) is 1.73. The molecule has 0 amide bonds. The predicted molar refractivity (Wildman–Crippen MR) is 307 cm³/mol. The van der Waals surface area contributed by atoms with Crippen LogP contribution >= 0.6 is 0 Å². The minimum Gasteiger partial charge on any atom is -0.456 e. The summed E-state index contributed by atoms with van der Waals surface area (Å²) in [6.45, 7) is 0. The SMILES string of the molecule is c1ccc(-c2nc(-c3ccc(-c4cccc5c4oc4ccccc45)cc3)nc(-c3cccc4oc5ccc(-c6ccc7c(c6)C6(c8ccccc8-c8ccccc86)c6ccccc6N7c6ccccc6)cc5c34)n2)cc1. The number of nitrogens with zero attached hydrogens (tertiary/aromatic N) is 4. The zero-order valence-corrected chi connectivity index (χ0v) is 40.9. The lowest BCUT2D eigenvalue weighted by Gasteiger charge is -2.45. The van der Waals surface area contributed by atoms with Crippen LogP contribution in [0.25, 0.3) is 111 Å². The molecule has 2 aliphatic rings. The molecule has 0 saturated carbocycles. The molecule has 0 unspecified atom stereocenters. The minimum absolute atomic E-state index is 0.563. The van der Waals surface area contributed by atoms with E-state index in [9.17, 15) is 0 Å². The fourth-order valence-corrected chi connectivity index (χ4v) is 12.5. The Labute approximate surface area is 437 Å². The van der Waals surface area contributed by atoms with Gasteiger partial charge in [-0.3, -0.25) is 0 Å². The topological polar surface area (TPSA) is 68.2 Å². The summed E-state index contributed by atoms with van der Waals surface area (Å²) in [5.41, 5.74) is 20.6. The molecule has 11 aromatic carbocycles. The summed E-state index contributed by atoms with van der Waals surface area (Å²) in [4.78, 5) is 18.1. The highest BCUT2D eigenvalue weighted by Gasteiger charge is 2.51. The van der Waals surface area contributed by atoms with Crippen molar-refractivity contribution in [2.75, 3.05) is 4.90 Å². The number of para-hydroxylation sites is 4. The average molecular weight is 971 g/mol. The van der Waals surface area contributed by atoms with Crippen LogP contribution in [0.15, 0.2) is 264 Å². The molecular formula is C70H42N4O2. The standard InChI is InChI=1S/C70H42N4O2/c1-3-17-44(18-4-1)67-71-68(45-35-33-43(34-36-45)49-24-15-25-53-52-23-9-14-31-62(52)76-66(49)53)73-69(72-67)54-26-16-32-64-65(54)55-41-46(38-40-63(55)75-64)47-37-39-61-59(42-47)70(56-27-10-7-21-50(56)51-22-8-11-28-57(51)70)58-29-12-13-30-60(58)74(61)48-19-5-2-6-20-48/h1-42H. The highest BCUT2D eigenvalue weighted by atomic mass is 16.3. The molecule has 14 aromatic rings. The zero-order chi connectivity index (χ0) is 49.9. The normalized spacial score (nSPS) is 13.1. The van der Waals surface area contributed by atoms with Crippen LogP contribution in [0.2, 0.25) is 0 Å². The first-order valence-corrected chi connectivity index (χ1v) is 25.7. The van der Waals surface area contributed by atoms with Crippen molar-refractivity contribution in [3.8, 4) is 67.5 Å². The first-order valence-electron chi connectivity index (χ1n) is 25.7. The molecule has 4 heterocycles. The second-order valence-corrected chi connectivity index (χ2v) is 19.8. The lowest BCUT2D eigenvalue weighted by molar-refractivity contribution is 0.669. The molecule has 0 bridgehead atoms. The van der Waals surface area contributed by atoms with Crippen molar-refractivity contribution in [2.24, 2.45) is 0 Å². The van der Waals surface area contributed by atoms with Gasteiger partial charge in [-0.25, -0.2) is 15.0 Å². The molecule has 1 aliphatic carbocycles. The highest BCUT2D eigenvalue weighted by molar-refractivity contribution is 6.13. The van der Waals surface area contributed by atoms with Crippen molar-refractivity contribution in [2.45, 2.75) is 5.41 Å². The van der Waals surface area contributed by atoms with Crippen molar-refractivity contribution < 1.29 is 8.83 Å². The third-order valence-corrected chi connectivity index (χ3v) is 15.8. The molecule has 0 saturated heterocycles. The fourth-order valence-electron chi connectivity index (χ4n) is 12.5. The van der Waals surface area contributed by atoms with Crippen molar-refractivity contribution in [1.29, 1.82) is 0 Å². The van der Waals surface area contributed by atoms with Gasteiger partial charge >= 0.3 is 0 Å². The Morgan fingerprint density at radius 1 is 0.303 bits per heavy atom. The molecule has 0 fully saturated rings. The Bertz CT molecular complexity index is 4610. The summed E-state index contributed by atoms with van der Waals surface area (Å²) in [7, 11) is 0. The number of hydrogen-bond donors (Lipinski definition) is 0. The van der Waals surface area contributed by atoms with Gasteiger partial charge in [0.2, 0.25) is 0 Å². The molecule has 16 rings (SSSR count). The maximum absolute atomic E-state index is 6.70. The van der Waals surface area contributed by atoms with Gasteiger partial charge < -0.3 is 13.7 Å². The van der Waals surface area contributed by atoms with Gasteiger partial charge in [-0.05, 0) is 105 Å². The van der Waals surface area contributed by atoms with Crippen LogP contribution in [0, 0.1) is 0 Å². The maximum Gasteiger partial charge on any atom is 0.164 e. The van der Waals surface area contributed by atoms with E-state index in [1.165, 1.54) is 39.1 Å². The molecule has 6 nitrogen and oxygen atoms in total. The molecule has 6 heteroatoms. The molecule has 76 heavy (non-hydrogen) atoms. The van der Waals surface area contributed by atoms with Gasteiger partial charge in [0, 0.05) is 49.5 Å². The van der Waals surface area contributed by atoms with Crippen LogP contribution in [-0.4, -0.2) is 15.0 Å². The van der Waals surface area contributed by atoms with Crippen LogP contribution in [0.3, 0.4) is 0 Å². The predicted octanol–water partition coefficient (Wildman–Crippen LogP) is 18.2. The highest BCUT2D eigenvalue weighted by Crippen LogP contribution is 2.63. The number of aromatic nitrogens is 3. The van der Waals surface area contributed by atoms with Gasteiger partial charge in [0.25, 0.3) is 0 Å². The smallest absolute Gasteiger partial charge is 0.164 e. The van der Waals surface area contributed by atoms with E-state index < -0.39 is 5.41 Å². The average Bonchev–Trinajstić information content (AvgIpc) is 4.33. The van der Waals surface area contributed by atoms with Gasteiger partial charge in [0.15, 0.2) is 17.5 Å². The Balaban J connectivity index is 0.860. The first-order chi connectivity index (χ1) is 37.7. The number of rotatable bonds is 6. The summed E-state index contributed by atoms with van der Waals surface area (Å²) in [6.07, 6.45) is 0. The maximum atomic E-state index is 6.70. The third kappa shape index (κ3) is 6.19. The van der Waals surface area contributed by atoms with Gasteiger partial charge in [0.05, 0.1) is 16.8 Å². The number of benzene rings is 11. The number of anilines is 3. The summed E-state index contributed by atoms with van der Waals surface area (Å²) in [6, 6.07) is 90.5. The van der Waals surface area contributed by atoms with E-state index in [2.05, 4.69) is 205 Å². The number of furan rings is 2. The lowest BCUT2D eigenvalue weighted by Crippen LogP contribution is -2.36. The Morgan fingerprint density at radius 3 is 1.62 bits per heavy atom. The van der Waals surface area contributed by atoms with Crippen LogP contribution < -0.4 is 4.90 Å². The molecule has 0 N–H and O–H groups in total. The Hall–Kier alpha value is -10.2. The fraction of sp³-hybridized carbons (Fsp3) is 0.0143. The Morgan fingerprint density at radius 2 is 0.829 bits per heavy atom. The van der Waals surface area contributed by atoms with Crippen molar-refractivity contribution >= 4 is 60.9 Å². The first kappa shape index (κ1) is 42.3. The van der Waals surface area contributed by atoms with E-state index in [-0.39, 0.29) is 0 Å². The van der Waals surface area contributed by atoms with Crippen molar-refractivity contribution in [1.82, 2.24) is 15.0 Å². The van der Waals surface area contributed by atoms with E-state index >= 15 is 0 Å². The van der Waals surface area contributed by atoms with E-state index in [0.29, 0.717) is 17.5 Å². The monoisotopic (exact) mass is 970 g/mol. The number of fused-ring (bicyclic) bond motifs is 15. The Kier molecular flexibility index (Phi) is 9.15. The summed E-state index contributed by atoms with van der Waals surface area (Å²) < 4.78 is 13.1. The van der Waals surface area contributed by atoms with E-state index in [0.717, 1.165) is 94.2 Å². The third-order valence-electron chi connectivity index (χ3n) is 15.8. The van der Waals surface area contributed by atoms with Crippen LogP contribution in [0.5, 0.6) is 0 Å². The minimum atomic E-state index is -0.574. The van der Waals surface area contributed by atoms with Crippen LogP contribution in [0.4, 0.5) is 17.1 Å². The quantitative estimate of drug-likeness (QED) is 0.165. The van der Waals surface area contributed by atoms with E-state index in [1.807, 2.05) is 54.6 Å². The van der Waals surface area contributed by atoms with Gasteiger partial charge in [-0.2, -0.15) is 0 Å². The van der Waals surface area contributed by atoms with Gasteiger partial charge in [0.1, 0.15) is 22.3 Å². The molecular weight excluding hydrogens is 929 g/mol. The largest absolute Gasteiger partial charge is 0.456 e. The van der Waals surface area contributed by atoms with Gasteiger partial charge in [-0.1, -0.05) is 200 Å². The summed E-state index contributed by atoms with van der Waals surface area (Å²) >= 11 is 0. The van der Waals surface area contributed by atoms with Crippen molar-refractivity contribution in [3.05, 3.63) is 277 Å². The number of hydrogen-bond acceptors (Lipinski definition) is 6. The van der Waals surface area contributed by atoms with E-state index in [1.54, 1.807) is 0 Å². The zero-order valence-electron chi connectivity index (χ0n) is 40.9. The molecule has 1 aliphatic heterocycles.